The van der Waals surface area contributed by atoms with Crippen LogP contribution < -0.4 is 0 Å². The van der Waals surface area contributed by atoms with Crippen molar-refractivity contribution in [3.05, 3.63) is 74.7 Å². The number of aliphatic hydroxyl groups is 1. The summed E-state index contributed by atoms with van der Waals surface area (Å²) in [4.78, 5) is 29.9. The van der Waals surface area contributed by atoms with Crippen molar-refractivity contribution in [3.63, 3.8) is 0 Å². The van der Waals surface area contributed by atoms with Gasteiger partial charge in [0.1, 0.15) is 5.76 Å². The molecule has 0 unspecified atom stereocenters. The Morgan fingerprint density at radius 2 is 1.69 bits per heavy atom. The molecular formula is C24H24BrClN2O4. The van der Waals surface area contributed by atoms with E-state index in [4.69, 9.17) is 16.3 Å². The van der Waals surface area contributed by atoms with E-state index < -0.39 is 17.7 Å². The monoisotopic (exact) mass is 518 g/mol. The number of benzene rings is 2. The van der Waals surface area contributed by atoms with Crippen LogP contribution in [0.3, 0.4) is 0 Å². The lowest BCUT2D eigenvalue weighted by molar-refractivity contribution is -0.140. The van der Waals surface area contributed by atoms with Crippen molar-refractivity contribution in [2.75, 3.05) is 39.4 Å². The Balaban J connectivity index is 1.66. The first-order valence-electron chi connectivity index (χ1n) is 10.6. The molecule has 1 amide bonds. The molecule has 1 atom stereocenters. The topological polar surface area (TPSA) is 70.1 Å². The van der Waals surface area contributed by atoms with Crippen molar-refractivity contribution in [2.45, 2.75) is 12.5 Å². The lowest BCUT2D eigenvalue weighted by Crippen LogP contribution is -2.38. The molecule has 2 saturated heterocycles. The summed E-state index contributed by atoms with van der Waals surface area (Å²) in [5.74, 6) is -1.44. The number of aliphatic hydroxyl groups excluding tert-OH is 1. The van der Waals surface area contributed by atoms with Gasteiger partial charge in [0.05, 0.1) is 24.8 Å². The van der Waals surface area contributed by atoms with Crippen LogP contribution in [0.15, 0.2) is 58.6 Å². The molecule has 32 heavy (non-hydrogen) atoms. The molecule has 1 N–H and O–H groups in total. The number of likely N-dealkylation sites (tertiary alicyclic amines) is 1. The fourth-order valence-corrected chi connectivity index (χ4v) is 4.55. The number of ether oxygens (including phenoxy) is 1. The number of morpholine rings is 1. The Labute approximate surface area is 200 Å². The molecule has 6 nitrogen and oxygen atoms in total. The Hall–Kier alpha value is -2.19. The lowest BCUT2D eigenvalue weighted by Gasteiger charge is -2.29. The molecule has 2 aromatic rings. The van der Waals surface area contributed by atoms with Crippen LogP contribution in [-0.4, -0.2) is 66.0 Å². The standard InChI is InChI=1S/C24H24BrClN2O4/c25-18-6-2-17(3-7-18)22(29)20-21(16-4-8-19(26)9-5-16)28(24(31)23(20)30)11-1-10-27-12-14-32-15-13-27/h2-9,21,29H,1,10-15H2/b22-20+/t21-/m0/s1. The van der Waals surface area contributed by atoms with E-state index in [0.29, 0.717) is 30.3 Å². The minimum atomic E-state index is -0.670. The van der Waals surface area contributed by atoms with Gasteiger partial charge in [-0.15, -0.1) is 0 Å². The number of carbonyl (C=O) groups is 2. The van der Waals surface area contributed by atoms with Crippen LogP contribution in [-0.2, 0) is 14.3 Å². The minimum absolute atomic E-state index is 0.103. The Morgan fingerprint density at radius 3 is 2.34 bits per heavy atom. The second kappa shape index (κ2) is 10.2. The van der Waals surface area contributed by atoms with Gasteiger partial charge in [-0.1, -0.05) is 51.8 Å². The summed E-state index contributed by atoms with van der Waals surface area (Å²) in [5, 5.41) is 11.6. The lowest BCUT2D eigenvalue weighted by atomic mass is 9.95. The number of hydrogen-bond acceptors (Lipinski definition) is 5. The highest BCUT2D eigenvalue weighted by Gasteiger charge is 2.45. The summed E-state index contributed by atoms with van der Waals surface area (Å²) in [6.45, 7) is 4.37. The maximum Gasteiger partial charge on any atom is 0.295 e. The fourth-order valence-electron chi connectivity index (χ4n) is 4.15. The van der Waals surface area contributed by atoms with E-state index in [-0.39, 0.29) is 11.3 Å². The number of ketones is 1. The molecule has 0 radical (unpaired) electrons. The van der Waals surface area contributed by atoms with Crippen molar-refractivity contribution in [2.24, 2.45) is 0 Å². The highest BCUT2D eigenvalue weighted by Crippen LogP contribution is 2.39. The molecule has 2 heterocycles. The molecule has 0 aliphatic carbocycles. The second-order valence-electron chi connectivity index (χ2n) is 7.86. The van der Waals surface area contributed by atoms with Gasteiger partial charge in [-0.3, -0.25) is 14.5 Å². The van der Waals surface area contributed by atoms with Gasteiger partial charge in [-0.25, -0.2) is 0 Å². The third-order valence-corrected chi connectivity index (χ3v) is 6.60. The smallest absolute Gasteiger partial charge is 0.295 e. The summed E-state index contributed by atoms with van der Waals surface area (Å²) in [6.07, 6.45) is 0.718. The molecule has 0 spiro atoms. The quantitative estimate of drug-likeness (QED) is 0.351. The minimum Gasteiger partial charge on any atom is -0.507 e. The molecule has 4 rings (SSSR count). The summed E-state index contributed by atoms with van der Waals surface area (Å²) in [5.41, 5.74) is 1.32. The SMILES string of the molecule is O=C1C(=O)N(CCCN2CCOCC2)[C@@H](c2ccc(Cl)cc2)/C1=C(\O)c1ccc(Br)cc1. The van der Waals surface area contributed by atoms with Crippen LogP contribution in [0.1, 0.15) is 23.6 Å². The van der Waals surface area contributed by atoms with E-state index in [9.17, 15) is 14.7 Å². The van der Waals surface area contributed by atoms with E-state index >= 15 is 0 Å². The Morgan fingerprint density at radius 1 is 1.03 bits per heavy atom. The van der Waals surface area contributed by atoms with Gasteiger partial charge >= 0.3 is 0 Å². The first-order valence-corrected chi connectivity index (χ1v) is 11.7. The highest BCUT2D eigenvalue weighted by atomic mass is 79.9. The van der Waals surface area contributed by atoms with E-state index in [1.807, 2.05) is 0 Å². The molecule has 8 heteroatoms. The number of rotatable bonds is 6. The van der Waals surface area contributed by atoms with Gasteiger partial charge < -0.3 is 14.7 Å². The van der Waals surface area contributed by atoms with Crippen LogP contribution in [0.5, 0.6) is 0 Å². The normalized spacial score (nSPS) is 21.3. The molecule has 2 aliphatic rings. The zero-order valence-corrected chi connectivity index (χ0v) is 19.8. The maximum atomic E-state index is 13.0. The van der Waals surface area contributed by atoms with Gasteiger partial charge in [-0.2, -0.15) is 0 Å². The average molecular weight is 520 g/mol. The Bertz CT molecular complexity index is 1020. The van der Waals surface area contributed by atoms with E-state index in [1.54, 1.807) is 53.4 Å². The molecular weight excluding hydrogens is 496 g/mol. The van der Waals surface area contributed by atoms with Gasteiger partial charge in [0.25, 0.3) is 11.7 Å². The third kappa shape index (κ3) is 4.91. The number of carbonyl (C=O) groups excluding carboxylic acids is 2. The van der Waals surface area contributed by atoms with Crippen LogP contribution >= 0.6 is 27.5 Å². The number of Topliss-reactive ketones (excluding diaryl/α,β-unsaturated/α-hetero) is 1. The van der Waals surface area contributed by atoms with Crippen LogP contribution in [0.2, 0.25) is 5.02 Å². The van der Waals surface area contributed by atoms with Crippen molar-refractivity contribution >= 4 is 45.0 Å². The van der Waals surface area contributed by atoms with Crippen molar-refractivity contribution in [1.29, 1.82) is 0 Å². The van der Waals surface area contributed by atoms with Crippen molar-refractivity contribution in [3.8, 4) is 0 Å². The Kier molecular flexibility index (Phi) is 7.30. The molecule has 0 bridgehead atoms. The first kappa shape index (κ1) is 23.0. The zero-order valence-electron chi connectivity index (χ0n) is 17.5. The van der Waals surface area contributed by atoms with Gasteiger partial charge in [0.15, 0.2) is 0 Å². The van der Waals surface area contributed by atoms with E-state index in [0.717, 1.165) is 36.1 Å². The average Bonchev–Trinajstić information content (AvgIpc) is 3.05. The first-order chi connectivity index (χ1) is 15.5. The second-order valence-corrected chi connectivity index (χ2v) is 9.21. The van der Waals surface area contributed by atoms with Gasteiger partial charge in [0.2, 0.25) is 0 Å². The van der Waals surface area contributed by atoms with E-state index in [1.165, 1.54) is 0 Å². The summed E-state index contributed by atoms with van der Waals surface area (Å²) in [6, 6.07) is 13.4. The molecule has 0 aromatic heterocycles. The molecule has 2 aromatic carbocycles. The number of nitrogens with zero attached hydrogens (tertiary/aromatic N) is 2. The number of hydrogen-bond donors (Lipinski definition) is 1. The van der Waals surface area contributed by atoms with Gasteiger partial charge in [-0.05, 0) is 36.2 Å². The largest absolute Gasteiger partial charge is 0.507 e. The molecule has 168 valence electrons. The van der Waals surface area contributed by atoms with Crippen molar-refractivity contribution in [1.82, 2.24) is 9.80 Å². The number of amides is 1. The summed E-state index contributed by atoms with van der Waals surface area (Å²) in [7, 11) is 0. The van der Waals surface area contributed by atoms with E-state index in [2.05, 4.69) is 20.8 Å². The maximum absolute atomic E-state index is 13.0. The zero-order chi connectivity index (χ0) is 22.7. The highest BCUT2D eigenvalue weighted by molar-refractivity contribution is 9.10. The van der Waals surface area contributed by atoms with Crippen LogP contribution in [0.4, 0.5) is 0 Å². The molecule has 2 aliphatic heterocycles. The van der Waals surface area contributed by atoms with Gasteiger partial charge in [0, 0.05) is 41.2 Å². The van der Waals surface area contributed by atoms with Crippen LogP contribution in [0.25, 0.3) is 5.76 Å². The van der Waals surface area contributed by atoms with Crippen molar-refractivity contribution < 1.29 is 19.4 Å². The third-order valence-electron chi connectivity index (χ3n) is 5.82. The molecule has 0 saturated carbocycles. The molecule has 2 fully saturated rings. The van der Waals surface area contributed by atoms with Crippen LogP contribution in [0, 0.1) is 0 Å². The summed E-state index contributed by atoms with van der Waals surface area (Å²) < 4.78 is 6.24. The predicted octanol–water partition coefficient (Wildman–Crippen LogP) is 4.25. The predicted molar refractivity (Wildman–Crippen MR) is 126 cm³/mol. The number of halogens is 2. The fraction of sp³-hybridized carbons (Fsp3) is 0.333. The summed E-state index contributed by atoms with van der Waals surface area (Å²) >= 11 is 9.44.